The summed E-state index contributed by atoms with van der Waals surface area (Å²) in [5.41, 5.74) is -3.39. The van der Waals surface area contributed by atoms with Crippen molar-refractivity contribution in [3.8, 4) is 0 Å². The zero-order valence-electron chi connectivity index (χ0n) is 25.4. The second kappa shape index (κ2) is 9.78. The molecule has 4 aliphatic carbocycles. The largest absolute Gasteiger partial charge is 0.461 e. The van der Waals surface area contributed by atoms with Gasteiger partial charge in [0.25, 0.3) is 0 Å². The van der Waals surface area contributed by atoms with Crippen molar-refractivity contribution in [1.82, 2.24) is 0 Å². The molecule has 0 heterocycles. The quantitative estimate of drug-likeness (QED) is 0.279. The Morgan fingerprint density at radius 3 is 1.95 bits per heavy atom. The van der Waals surface area contributed by atoms with Crippen molar-refractivity contribution in [1.29, 1.82) is 0 Å². The standard InChI is InChI=1S/C33H40O9/c1-17-24(37)16-23-26(39-19(3)34)33-18(2)25(42-29(38)22-12-10-9-11-13-22)14-15-31(33,8)27(40-20(4)35)28(41-21(5)36)32(17,33)30(23,6)7/h9-13,17,23,25-28H,2,14-16H2,1,3-8H3. The molecular weight excluding hydrogens is 540 g/mol. The van der Waals surface area contributed by atoms with Gasteiger partial charge in [0.05, 0.1) is 11.0 Å². The minimum atomic E-state index is -1.26. The predicted octanol–water partition coefficient (Wildman–Crippen LogP) is 4.61. The first kappa shape index (κ1) is 30.0. The van der Waals surface area contributed by atoms with E-state index in [-0.39, 0.29) is 12.2 Å². The van der Waals surface area contributed by atoms with Gasteiger partial charge in [0, 0.05) is 49.9 Å². The fourth-order valence-electron chi connectivity index (χ4n) is 10.0. The maximum atomic E-state index is 13.9. The van der Waals surface area contributed by atoms with Gasteiger partial charge in [-0.25, -0.2) is 4.79 Å². The van der Waals surface area contributed by atoms with Gasteiger partial charge in [-0.05, 0) is 36.0 Å². The Morgan fingerprint density at radius 2 is 1.38 bits per heavy atom. The number of hydrogen-bond donors (Lipinski definition) is 0. The first-order valence-corrected chi connectivity index (χ1v) is 14.6. The van der Waals surface area contributed by atoms with Gasteiger partial charge in [0.1, 0.15) is 30.2 Å². The summed E-state index contributed by atoms with van der Waals surface area (Å²) in [6.45, 7) is 16.2. The number of ether oxygens (including phenoxy) is 4. The SMILES string of the molecule is C=C1C(OC(=O)c2ccccc2)CCC2(C)C(OC(C)=O)C(OC(C)=O)C34C(C)C(=O)CC(C(OC(C)=O)C123)C4(C)C. The van der Waals surface area contributed by atoms with Crippen molar-refractivity contribution in [2.75, 3.05) is 0 Å². The predicted molar refractivity (Wildman–Crippen MR) is 150 cm³/mol. The molecule has 0 radical (unpaired) electrons. The van der Waals surface area contributed by atoms with E-state index in [1.54, 1.807) is 30.3 Å². The van der Waals surface area contributed by atoms with Crippen LogP contribution in [0.25, 0.3) is 0 Å². The van der Waals surface area contributed by atoms with Crippen LogP contribution in [-0.4, -0.2) is 54.1 Å². The molecule has 0 N–H and O–H groups in total. The number of benzene rings is 1. The van der Waals surface area contributed by atoms with Gasteiger partial charge in [0.2, 0.25) is 0 Å². The van der Waals surface area contributed by atoms with Crippen LogP contribution in [0.15, 0.2) is 42.5 Å². The Balaban J connectivity index is 1.81. The monoisotopic (exact) mass is 580 g/mol. The number of Topliss-reactive ketones (excluding diaryl/α,β-unsaturated/α-hetero) is 1. The third kappa shape index (κ3) is 3.57. The van der Waals surface area contributed by atoms with Crippen molar-refractivity contribution in [3.05, 3.63) is 48.0 Å². The Bertz CT molecular complexity index is 1360. The molecule has 0 aromatic heterocycles. The molecule has 1 aromatic rings. The Labute approximate surface area is 246 Å². The summed E-state index contributed by atoms with van der Waals surface area (Å²) in [7, 11) is 0. The lowest BCUT2D eigenvalue weighted by Crippen LogP contribution is -2.63. The van der Waals surface area contributed by atoms with E-state index >= 15 is 0 Å². The topological polar surface area (TPSA) is 122 Å². The maximum Gasteiger partial charge on any atom is 0.338 e. The highest BCUT2D eigenvalue weighted by atomic mass is 16.6. The van der Waals surface area contributed by atoms with E-state index in [1.807, 2.05) is 27.7 Å². The lowest BCUT2D eigenvalue weighted by atomic mass is 9.42. The summed E-state index contributed by atoms with van der Waals surface area (Å²) in [5.74, 6) is -3.44. The normalized spacial score (nSPS) is 39.5. The van der Waals surface area contributed by atoms with Crippen LogP contribution in [0.4, 0.5) is 0 Å². The average molecular weight is 581 g/mol. The van der Waals surface area contributed by atoms with Gasteiger partial charge < -0.3 is 18.9 Å². The zero-order valence-corrected chi connectivity index (χ0v) is 25.4. The highest BCUT2D eigenvalue weighted by molar-refractivity contribution is 5.90. The molecule has 9 unspecified atom stereocenters. The molecule has 4 aliphatic rings. The summed E-state index contributed by atoms with van der Waals surface area (Å²) in [6, 6.07) is 8.61. The van der Waals surface area contributed by atoms with Gasteiger partial charge in [0.15, 0.2) is 0 Å². The molecule has 4 saturated carbocycles. The van der Waals surface area contributed by atoms with Crippen LogP contribution in [0.5, 0.6) is 0 Å². The second-order valence-corrected chi connectivity index (χ2v) is 13.2. The average Bonchev–Trinajstić information content (AvgIpc) is 3.15. The lowest BCUT2D eigenvalue weighted by molar-refractivity contribution is -0.194. The van der Waals surface area contributed by atoms with Gasteiger partial charge in [-0.1, -0.05) is 52.5 Å². The first-order chi connectivity index (χ1) is 19.6. The van der Waals surface area contributed by atoms with E-state index in [0.717, 1.165) is 0 Å². The molecule has 2 bridgehead atoms. The van der Waals surface area contributed by atoms with Crippen LogP contribution < -0.4 is 0 Å². The van der Waals surface area contributed by atoms with Crippen molar-refractivity contribution in [2.24, 2.45) is 33.5 Å². The number of carbonyl (C=O) groups is 5. The van der Waals surface area contributed by atoms with Crippen molar-refractivity contribution in [2.45, 2.75) is 92.1 Å². The number of rotatable bonds is 5. The zero-order chi connectivity index (χ0) is 31.0. The van der Waals surface area contributed by atoms with E-state index in [9.17, 15) is 24.0 Å². The Hall–Kier alpha value is -3.49. The summed E-state index contributed by atoms with van der Waals surface area (Å²) < 4.78 is 24.6. The number of esters is 4. The molecule has 0 saturated heterocycles. The minimum Gasteiger partial charge on any atom is -0.461 e. The first-order valence-electron chi connectivity index (χ1n) is 14.6. The molecule has 4 fully saturated rings. The fraction of sp³-hybridized carbons (Fsp3) is 0.606. The van der Waals surface area contributed by atoms with Crippen LogP contribution in [0.2, 0.25) is 0 Å². The highest BCUT2D eigenvalue weighted by Crippen LogP contribution is 2.86. The second-order valence-electron chi connectivity index (χ2n) is 13.2. The van der Waals surface area contributed by atoms with Crippen LogP contribution in [-0.2, 0) is 38.1 Å². The molecule has 0 aliphatic heterocycles. The number of carbonyl (C=O) groups excluding carboxylic acids is 5. The summed E-state index contributed by atoms with van der Waals surface area (Å²) in [4.78, 5) is 65.4. The molecule has 226 valence electrons. The number of ketones is 1. The lowest BCUT2D eigenvalue weighted by Gasteiger charge is -2.60. The molecule has 9 atom stereocenters. The van der Waals surface area contributed by atoms with E-state index in [0.29, 0.717) is 24.0 Å². The van der Waals surface area contributed by atoms with Crippen molar-refractivity contribution < 1.29 is 42.9 Å². The van der Waals surface area contributed by atoms with Crippen LogP contribution in [0.1, 0.15) is 78.1 Å². The number of fused-ring (bicyclic) bond motifs is 1. The van der Waals surface area contributed by atoms with Gasteiger partial charge >= 0.3 is 23.9 Å². The molecule has 1 aromatic carbocycles. The third-order valence-electron chi connectivity index (χ3n) is 11.2. The molecule has 9 heteroatoms. The van der Waals surface area contributed by atoms with E-state index < -0.39 is 81.8 Å². The Morgan fingerprint density at radius 1 is 0.833 bits per heavy atom. The van der Waals surface area contributed by atoms with E-state index in [1.165, 1.54) is 20.8 Å². The molecule has 5 rings (SSSR count). The summed E-state index contributed by atoms with van der Waals surface area (Å²) >= 11 is 0. The van der Waals surface area contributed by atoms with Crippen molar-refractivity contribution in [3.63, 3.8) is 0 Å². The van der Waals surface area contributed by atoms with Gasteiger partial charge in [-0.3, -0.25) is 19.2 Å². The molecule has 42 heavy (non-hydrogen) atoms. The smallest absolute Gasteiger partial charge is 0.338 e. The minimum absolute atomic E-state index is 0.0625. The molecule has 0 amide bonds. The molecular formula is C33H40O9. The summed E-state index contributed by atoms with van der Waals surface area (Å²) in [5, 5.41) is 0. The maximum absolute atomic E-state index is 13.9. The third-order valence-corrected chi connectivity index (χ3v) is 11.2. The van der Waals surface area contributed by atoms with Crippen molar-refractivity contribution >= 4 is 29.7 Å². The fourth-order valence-corrected chi connectivity index (χ4v) is 10.0. The summed E-state index contributed by atoms with van der Waals surface area (Å²) in [6.07, 6.45) is -2.86. The molecule has 9 nitrogen and oxygen atoms in total. The van der Waals surface area contributed by atoms with Crippen LogP contribution >= 0.6 is 0 Å². The van der Waals surface area contributed by atoms with Gasteiger partial charge in [-0.15, -0.1) is 0 Å². The molecule has 2 spiro atoms. The highest BCUT2D eigenvalue weighted by Gasteiger charge is 2.92. The number of hydrogen-bond acceptors (Lipinski definition) is 9. The van der Waals surface area contributed by atoms with Gasteiger partial charge in [-0.2, -0.15) is 0 Å². The van der Waals surface area contributed by atoms with Crippen LogP contribution in [0, 0.1) is 33.5 Å². The van der Waals surface area contributed by atoms with E-state index in [2.05, 4.69) is 6.58 Å². The van der Waals surface area contributed by atoms with Crippen LogP contribution in [0.3, 0.4) is 0 Å². The van der Waals surface area contributed by atoms with E-state index in [4.69, 9.17) is 18.9 Å². The Kier molecular flexibility index (Phi) is 6.98.